The van der Waals surface area contributed by atoms with E-state index >= 15 is 0 Å². The maximum atomic E-state index is 11.7. The third kappa shape index (κ3) is 3.01. The van der Waals surface area contributed by atoms with Gasteiger partial charge in [0.05, 0.1) is 5.56 Å². The number of aromatic nitrogens is 1. The molecule has 0 saturated heterocycles. The summed E-state index contributed by atoms with van der Waals surface area (Å²) in [7, 11) is 0. The molecule has 0 bridgehead atoms. The molecule has 0 atom stereocenters. The zero-order valence-electron chi connectivity index (χ0n) is 9.58. The van der Waals surface area contributed by atoms with E-state index in [0.717, 1.165) is 0 Å². The molecule has 0 spiro atoms. The van der Waals surface area contributed by atoms with Gasteiger partial charge in [-0.3, -0.25) is 9.78 Å². The highest BCUT2D eigenvalue weighted by molar-refractivity contribution is 5.99. The van der Waals surface area contributed by atoms with Crippen molar-refractivity contribution in [2.45, 2.75) is 0 Å². The standard InChI is InChI=1S/C14H11NO3/c16-13(11-6-8-15-9-7-11)10-18-14(17)12-4-2-1-3-5-12/h1-9H,10H2. The molecular weight excluding hydrogens is 230 g/mol. The molecule has 0 aliphatic carbocycles. The Hall–Kier alpha value is -2.49. The Morgan fingerprint density at radius 3 is 2.28 bits per heavy atom. The SMILES string of the molecule is O=C(COC(=O)c1ccccc1)c1ccncc1. The molecule has 4 heteroatoms. The van der Waals surface area contributed by atoms with E-state index in [1.807, 2.05) is 0 Å². The topological polar surface area (TPSA) is 56.3 Å². The molecule has 90 valence electrons. The van der Waals surface area contributed by atoms with Crippen LogP contribution in [0.1, 0.15) is 20.7 Å². The lowest BCUT2D eigenvalue weighted by Crippen LogP contribution is -2.14. The third-order valence-corrected chi connectivity index (χ3v) is 2.35. The molecule has 0 radical (unpaired) electrons. The van der Waals surface area contributed by atoms with E-state index in [9.17, 15) is 9.59 Å². The van der Waals surface area contributed by atoms with Crippen molar-refractivity contribution in [1.82, 2.24) is 4.98 Å². The predicted octanol–water partition coefficient (Wildman–Crippen LogP) is 2.12. The van der Waals surface area contributed by atoms with Crippen molar-refractivity contribution in [3.63, 3.8) is 0 Å². The van der Waals surface area contributed by atoms with Gasteiger partial charge in [-0.1, -0.05) is 18.2 Å². The first-order valence-corrected chi connectivity index (χ1v) is 5.43. The van der Waals surface area contributed by atoms with Gasteiger partial charge in [-0.15, -0.1) is 0 Å². The predicted molar refractivity (Wildman–Crippen MR) is 65.3 cm³/mol. The second kappa shape index (κ2) is 5.72. The highest BCUT2D eigenvalue weighted by Crippen LogP contribution is 2.03. The van der Waals surface area contributed by atoms with Crippen LogP contribution < -0.4 is 0 Å². The minimum absolute atomic E-state index is 0.248. The highest BCUT2D eigenvalue weighted by atomic mass is 16.5. The van der Waals surface area contributed by atoms with Crippen molar-refractivity contribution < 1.29 is 14.3 Å². The van der Waals surface area contributed by atoms with Gasteiger partial charge in [-0.2, -0.15) is 0 Å². The Morgan fingerprint density at radius 2 is 1.61 bits per heavy atom. The van der Waals surface area contributed by atoms with Gasteiger partial charge in [0.1, 0.15) is 0 Å². The van der Waals surface area contributed by atoms with E-state index in [2.05, 4.69) is 4.98 Å². The van der Waals surface area contributed by atoms with Crippen LogP contribution in [0.25, 0.3) is 0 Å². The summed E-state index contributed by atoms with van der Waals surface area (Å²) in [5.41, 5.74) is 0.908. The van der Waals surface area contributed by atoms with Gasteiger partial charge in [0.2, 0.25) is 0 Å². The summed E-state index contributed by atoms with van der Waals surface area (Å²) in [6, 6.07) is 11.7. The van der Waals surface area contributed by atoms with Gasteiger partial charge < -0.3 is 4.74 Å². The Kier molecular flexibility index (Phi) is 3.81. The van der Waals surface area contributed by atoms with Crippen molar-refractivity contribution >= 4 is 11.8 Å². The number of pyridine rings is 1. The number of nitrogens with zero attached hydrogens (tertiary/aromatic N) is 1. The summed E-state index contributed by atoms with van der Waals surface area (Å²) >= 11 is 0. The normalized spacial score (nSPS) is 9.78. The first kappa shape index (κ1) is 12.0. The van der Waals surface area contributed by atoms with Crippen LogP contribution in [0, 0.1) is 0 Å². The van der Waals surface area contributed by atoms with Crippen molar-refractivity contribution in [1.29, 1.82) is 0 Å². The minimum Gasteiger partial charge on any atom is -0.454 e. The van der Waals surface area contributed by atoms with Gasteiger partial charge in [0.25, 0.3) is 0 Å². The van der Waals surface area contributed by atoms with Crippen LogP contribution in [-0.2, 0) is 4.74 Å². The first-order chi connectivity index (χ1) is 8.77. The van der Waals surface area contributed by atoms with E-state index in [4.69, 9.17) is 4.74 Å². The van der Waals surface area contributed by atoms with Crippen molar-refractivity contribution in [3.05, 3.63) is 66.0 Å². The monoisotopic (exact) mass is 241 g/mol. The van der Waals surface area contributed by atoms with E-state index in [1.165, 1.54) is 12.4 Å². The maximum absolute atomic E-state index is 11.7. The zero-order valence-corrected chi connectivity index (χ0v) is 9.58. The largest absolute Gasteiger partial charge is 0.454 e. The van der Waals surface area contributed by atoms with E-state index < -0.39 is 5.97 Å². The summed E-state index contributed by atoms with van der Waals surface area (Å²) in [5.74, 6) is -0.750. The molecule has 2 aromatic rings. The van der Waals surface area contributed by atoms with Crippen LogP contribution in [0.15, 0.2) is 54.9 Å². The number of ketones is 1. The molecule has 0 saturated carbocycles. The molecule has 0 unspecified atom stereocenters. The summed E-state index contributed by atoms with van der Waals surface area (Å²) in [6.07, 6.45) is 3.04. The average molecular weight is 241 g/mol. The second-order valence-electron chi connectivity index (χ2n) is 3.60. The van der Waals surface area contributed by atoms with E-state index in [0.29, 0.717) is 11.1 Å². The molecule has 0 amide bonds. The number of hydrogen-bond donors (Lipinski definition) is 0. The molecule has 0 N–H and O–H groups in total. The number of carbonyl (C=O) groups excluding carboxylic acids is 2. The number of ether oxygens (including phenoxy) is 1. The van der Waals surface area contributed by atoms with Gasteiger partial charge in [0.15, 0.2) is 12.4 Å². The summed E-state index contributed by atoms with van der Waals surface area (Å²) < 4.78 is 4.94. The number of esters is 1. The lowest BCUT2D eigenvalue weighted by Gasteiger charge is -2.03. The molecule has 1 heterocycles. The van der Waals surface area contributed by atoms with Crippen LogP contribution in [0.5, 0.6) is 0 Å². The lowest BCUT2D eigenvalue weighted by atomic mass is 10.2. The first-order valence-electron chi connectivity index (χ1n) is 5.43. The number of benzene rings is 1. The molecule has 0 aliphatic rings. The zero-order chi connectivity index (χ0) is 12.8. The van der Waals surface area contributed by atoms with Crippen LogP contribution in [0.3, 0.4) is 0 Å². The van der Waals surface area contributed by atoms with Gasteiger partial charge in [0, 0.05) is 18.0 Å². The third-order valence-electron chi connectivity index (χ3n) is 2.35. The van der Waals surface area contributed by atoms with E-state index in [1.54, 1.807) is 42.5 Å². The van der Waals surface area contributed by atoms with E-state index in [-0.39, 0.29) is 12.4 Å². The molecule has 0 fully saturated rings. The lowest BCUT2D eigenvalue weighted by molar-refractivity contribution is 0.0475. The van der Waals surface area contributed by atoms with Crippen LogP contribution in [-0.4, -0.2) is 23.3 Å². The Labute approximate surface area is 104 Å². The summed E-state index contributed by atoms with van der Waals surface area (Å²) in [6.45, 7) is -0.266. The fourth-order valence-corrected chi connectivity index (χ4v) is 1.41. The molecule has 2 rings (SSSR count). The summed E-state index contributed by atoms with van der Waals surface area (Å²) in [4.78, 5) is 27.1. The minimum atomic E-state index is -0.502. The molecule has 1 aromatic heterocycles. The Balaban J connectivity index is 1.93. The van der Waals surface area contributed by atoms with Gasteiger partial charge in [-0.05, 0) is 24.3 Å². The quantitative estimate of drug-likeness (QED) is 0.607. The van der Waals surface area contributed by atoms with Crippen LogP contribution in [0.2, 0.25) is 0 Å². The average Bonchev–Trinajstić information content (AvgIpc) is 2.46. The molecule has 1 aromatic carbocycles. The van der Waals surface area contributed by atoms with Crippen LogP contribution >= 0.6 is 0 Å². The number of rotatable bonds is 4. The smallest absolute Gasteiger partial charge is 0.338 e. The Morgan fingerprint density at radius 1 is 0.944 bits per heavy atom. The van der Waals surface area contributed by atoms with Gasteiger partial charge >= 0.3 is 5.97 Å². The summed E-state index contributed by atoms with van der Waals surface area (Å²) in [5, 5.41) is 0. The fourth-order valence-electron chi connectivity index (χ4n) is 1.41. The number of carbonyl (C=O) groups is 2. The fraction of sp³-hybridized carbons (Fsp3) is 0.0714. The number of hydrogen-bond acceptors (Lipinski definition) is 4. The Bertz CT molecular complexity index is 486. The molecule has 18 heavy (non-hydrogen) atoms. The highest BCUT2D eigenvalue weighted by Gasteiger charge is 2.10. The number of Topliss-reactive ketones (excluding diaryl/α,β-unsaturated/α-hetero) is 1. The molecule has 4 nitrogen and oxygen atoms in total. The van der Waals surface area contributed by atoms with Gasteiger partial charge in [-0.25, -0.2) is 4.79 Å². The molecular formula is C14H11NO3. The van der Waals surface area contributed by atoms with Crippen LogP contribution in [0.4, 0.5) is 0 Å². The van der Waals surface area contributed by atoms with Crippen molar-refractivity contribution in [3.8, 4) is 0 Å². The maximum Gasteiger partial charge on any atom is 0.338 e. The van der Waals surface area contributed by atoms with Crippen molar-refractivity contribution in [2.24, 2.45) is 0 Å². The molecule has 0 aliphatic heterocycles. The second-order valence-corrected chi connectivity index (χ2v) is 3.60. The van der Waals surface area contributed by atoms with Crippen molar-refractivity contribution in [2.75, 3.05) is 6.61 Å².